The molecule has 2 aromatic carbocycles. The highest BCUT2D eigenvalue weighted by molar-refractivity contribution is 7.98. The van der Waals surface area contributed by atoms with E-state index in [0.717, 1.165) is 48.3 Å². The predicted molar refractivity (Wildman–Crippen MR) is 126 cm³/mol. The SMILES string of the molecule is Cc1cc(SCc2ccccc2)ccc1N1C=C(C(F)(F)F)C(C2CCCCC2)=NC1N. The number of anilines is 1. The standard InChI is InChI=1S/C25H28F3N3S/c1-17-14-20(32-16-18-8-4-2-5-9-18)12-13-22(17)31-15-21(25(26,27)28)23(30-24(31)29)19-10-6-3-7-11-19/h2,4-5,8-9,12-15,19,24H,3,6-7,10-11,16,29H2,1H3. The summed E-state index contributed by atoms with van der Waals surface area (Å²) in [6.45, 7) is 1.90. The van der Waals surface area contributed by atoms with Crippen molar-refractivity contribution in [3.8, 4) is 0 Å². The summed E-state index contributed by atoms with van der Waals surface area (Å²) >= 11 is 1.70. The van der Waals surface area contributed by atoms with Gasteiger partial charge in [0, 0.05) is 28.5 Å². The lowest BCUT2D eigenvalue weighted by Crippen LogP contribution is -2.45. The van der Waals surface area contributed by atoms with Crippen molar-refractivity contribution in [2.75, 3.05) is 4.90 Å². The minimum absolute atomic E-state index is 0.133. The molecule has 1 fully saturated rings. The Morgan fingerprint density at radius 1 is 1.06 bits per heavy atom. The largest absolute Gasteiger partial charge is 0.419 e. The van der Waals surface area contributed by atoms with Crippen LogP contribution in [0.25, 0.3) is 0 Å². The third-order valence-electron chi connectivity index (χ3n) is 6.09. The van der Waals surface area contributed by atoms with E-state index < -0.39 is 18.0 Å². The first-order valence-corrected chi connectivity index (χ1v) is 12.0. The minimum atomic E-state index is -4.46. The van der Waals surface area contributed by atoms with E-state index >= 15 is 0 Å². The van der Waals surface area contributed by atoms with E-state index in [-0.39, 0.29) is 11.6 Å². The number of thioether (sulfide) groups is 1. The zero-order valence-corrected chi connectivity index (χ0v) is 18.9. The number of aryl methyl sites for hydroxylation is 1. The second-order valence-corrected chi connectivity index (χ2v) is 9.48. The molecule has 1 unspecified atom stereocenters. The van der Waals surface area contributed by atoms with Crippen molar-refractivity contribution in [1.82, 2.24) is 0 Å². The Balaban J connectivity index is 1.57. The van der Waals surface area contributed by atoms with Crippen LogP contribution in [0.3, 0.4) is 0 Å². The molecule has 2 aliphatic rings. The normalized spacial score (nSPS) is 20.2. The van der Waals surface area contributed by atoms with Gasteiger partial charge in [0.2, 0.25) is 0 Å². The maximum absolute atomic E-state index is 14.0. The number of hydrogen-bond acceptors (Lipinski definition) is 4. The molecule has 1 saturated carbocycles. The van der Waals surface area contributed by atoms with Gasteiger partial charge in [-0.25, -0.2) is 4.99 Å². The number of benzene rings is 2. The zero-order valence-electron chi connectivity index (χ0n) is 18.1. The molecule has 3 nitrogen and oxygen atoms in total. The summed E-state index contributed by atoms with van der Waals surface area (Å²) in [5.74, 6) is 0.665. The molecule has 0 bridgehead atoms. The Morgan fingerprint density at radius 2 is 1.78 bits per heavy atom. The first kappa shape index (κ1) is 22.9. The Labute approximate surface area is 191 Å². The fourth-order valence-electron chi connectivity index (χ4n) is 4.44. The molecule has 7 heteroatoms. The van der Waals surface area contributed by atoms with Crippen LogP contribution in [0.2, 0.25) is 0 Å². The van der Waals surface area contributed by atoms with Crippen LogP contribution in [0.15, 0.2) is 70.2 Å². The molecule has 1 atom stereocenters. The molecule has 2 aromatic rings. The summed E-state index contributed by atoms with van der Waals surface area (Å²) in [5.41, 5.74) is 8.49. The quantitative estimate of drug-likeness (QED) is 0.499. The first-order chi connectivity index (χ1) is 15.3. The summed E-state index contributed by atoms with van der Waals surface area (Å²) in [5, 5.41) is 0. The van der Waals surface area contributed by atoms with Gasteiger partial charge in [0.1, 0.15) is 0 Å². The highest BCUT2D eigenvalue weighted by atomic mass is 32.2. The van der Waals surface area contributed by atoms with Crippen LogP contribution in [0, 0.1) is 12.8 Å². The Bertz CT molecular complexity index is 995. The maximum Gasteiger partial charge on any atom is 0.419 e. The molecule has 0 saturated heterocycles. The van der Waals surface area contributed by atoms with Gasteiger partial charge in [0.15, 0.2) is 6.29 Å². The highest BCUT2D eigenvalue weighted by Crippen LogP contribution is 2.39. The molecule has 2 N–H and O–H groups in total. The molecule has 32 heavy (non-hydrogen) atoms. The Hall–Kier alpha value is -2.25. The summed E-state index contributed by atoms with van der Waals surface area (Å²) in [6.07, 6.45) is 0.274. The fourth-order valence-corrected chi connectivity index (χ4v) is 5.39. The Morgan fingerprint density at radius 3 is 2.44 bits per heavy atom. The number of nitrogens with two attached hydrogens (primary N) is 1. The number of halogens is 3. The number of rotatable bonds is 5. The number of aliphatic imine (C=N–C) groups is 1. The molecule has 0 radical (unpaired) electrons. The van der Waals surface area contributed by atoms with Crippen LogP contribution in [0.5, 0.6) is 0 Å². The van der Waals surface area contributed by atoms with Crippen LogP contribution in [0.1, 0.15) is 43.2 Å². The van der Waals surface area contributed by atoms with Gasteiger partial charge in [-0.05, 0) is 49.1 Å². The van der Waals surface area contributed by atoms with Gasteiger partial charge in [-0.3, -0.25) is 5.73 Å². The molecule has 1 aliphatic heterocycles. The van der Waals surface area contributed by atoms with E-state index in [2.05, 4.69) is 17.1 Å². The van der Waals surface area contributed by atoms with Crippen LogP contribution >= 0.6 is 11.8 Å². The van der Waals surface area contributed by atoms with Gasteiger partial charge >= 0.3 is 6.18 Å². The first-order valence-electron chi connectivity index (χ1n) is 11.0. The zero-order chi connectivity index (χ0) is 22.7. The third-order valence-corrected chi connectivity index (χ3v) is 7.16. The minimum Gasteiger partial charge on any atom is -0.312 e. The van der Waals surface area contributed by atoms with Crippen molar-refractivity contribution in [3.05, 3.63) is 71.4 Å². The van der Waals surface area contributed by atoms with Gasteiger partial charge in [0.05, 0.1) is 11.3 Å². The monoisotopic (exact) mass is 459 g/mol. The molecular weight excluding hydrogens is 431 g/mol. The van der Waals surface area contributed by atoms with Gasteiger partial charge in [-0.1, -0.05) is 49.6 Å². The molecule has 0 aromatic heterocycles. The molecule has 1 aliphatic carbocycles. The molecule has 0 spiro atoms. The van der Waals surface area contributed by atoms with E-state index in [1.54, 1.807) is 11.8 Å². The second kappa shape index (κ2) is 9.71. The molecule has 170 valence electrons. The van der Waals surface area contributed by atoms with E-state index in [1.807, 2.05) is 43.3 Å². The average Bonchev–Trinajstić information content (AvgIpc) is 2.78. The topological polar surface area (TPSA) is 41.6 Å². The van der Waals surface area contributed by atoms with Crippen molar-refractivity contribution in [2.24, 2.45) is 16.6 Å². The molecule has 1 heterocycles. The molecule has 0 amide bonds. The second-order valence-electron chi connectivity index (χ2n) is 8.43. The number of nitrogens with zero attached hydrogens (tertiary/aromatic N) is 2. The van der Waals surface area contributed by atoms with Crippen LogP contribution in [0.4, 0.5) is 18.9 Å². The molecular formula is C25H28F3N3S. The van der Waals surface area contributed by atoms with Crippen molar-refractivity contribution < 1.29 is 13.2 Å². The van der Waals surface area contributed by atoms with Gasteiger partial charge < -0.3 is 4.90 Å². The summed E-state index contributed by atoms with van der Waals surface area (Å²) in [6, 6.07) is 15.9. The third kappa shape index (κ3) is 5.21. The summed E-state index contributed by atoms with van der Waals surface area (Å²) in [4.78, 5) is 6.89. The van der Waals surface area contributed by atoms with Crippen LogP contribution in [-0.4, -0.2) is 18.2 Å². The van der Waals surface area contributed by atoms with Crippen molar-refractivity contribution in [2.45, 2.75) is 62.1 Å². The Kier molecular flexibility index (Phi) is 6.96. The van der Waals surface area contributed by atoms with Crippen molar-refractivity contribution >= 4 is 23.2 Å². The maximum atomic E-state index is 14.0. The summed E-state index contributed by atoms with van der Waals surface area (Å²) < 4.78 is 41.9. The number of hydrogen-bond donors (Lipinski definition) is 1. The van der Waals surface area contributed by atoms with Crippen LogP contribution in [-0.2, 0) is 5.75 Å². The highest BCUT2D eigenvalue weighted by Gasteiger charge is 2.43. The van der Waals surface area contributed by atoms with Gasteiger partial charge in [0.25, 0.3) is 0 Å². The van der Waals surface area contributed by atoms with E-state index in [0.29, 0.717) is 5.69 Å². The summed E-state index contributed by atoms with van der Waals surface area (Å²) in [7, 11) is 0. The van der Waals surface area contributed by atoms with Gasteiger partial charge in [-0.2, -0.15) is 13.2 Å². The number of allylic oxidation sites excluding steroid dienone is 1. The van der Waals surface area contributed by atoms with E-state index in [9.17, 15) is 13.2 Å². The lowest BCUT2D eigenvalue weighted by molar-refractivity contribution is -0.0870. The van der Waals surface area contributed by atoms with Crippen LogP contribution < -0.4 is 10.6 Å². The lowest BCUT2D eigenvalue weighted by Gasteiger charge is -2.35. The lowest BCUT2D eigenvalue weighted by atomic mass is 9.82. The van der Waals surface area contributed by atoms with Crippen molar-refractivity contribution in [3.63, 3.8) is 0 Å². The average molecular weight is 460 g/mol. The van der Waals surface area contributed by atoms with E-state index in [1.165, 1.54) is 16.7 Å². The predicted octanol–water partition coefficient (Wildman–Crippen LogP) is 6.82. The van der Waals surface area contributed by atoms with E-state index in [4.69, 9.17) is 5.73 Å². The molecule has 4 rings (SSSR count). The number of alkyl halides is 3. The fraction of sp³-hybridized carbons (Fsp3) is 0.400. The smallest absolute Gasteiger partial charge is 0.312 e. The van der Waals surface area contributed by atoms with Crippen molar-refractivity contribution in [1.29, 1.82) is 0 Å². The van der Waals surface area contributed by atoms with Gasteiger partial charge in [-0.15, -0.1) is 11.8 Å².